The highest BCUT2D eigenvalue weighted by atomic mass is 32.1. The predicted molar refractivity (Wildman–Crippen MR) is 93.9 cm³/mol. The molecule has 3 heterocycles. The summed E-state index contributed by atoms with van der Waals surface area (Å²) in [5.74, 6) is -0.0954. The lowest BCUT2D eigenvalue weighted by molar-refractivity contribution is 0.0169. The highest BCUT2D eigenvalue weighted by Gasteiger charge is 2.24. The summed E-state index contributed by atoms with van der Waals surface area (Å²) in [6.07, 6.45) is 1.62. The van der Waals surface area contributed by atoms with Crippen molar-refractivity contribution >= 4 is 17.2 Å². The lowest BCUT2D eigenvalue weighted by Crippen LogP contribution is -2.43. The number of ether oxygens (including phenoxy) is 1. The van der Waals surface area contributed by atoms with Crippen LogP contribution in [-0.4, -0.2) is 48.6 Å². The third-order valence-corrected chi connectivity index (χ3v) is 5.08. The fourth-order valence-corrected chi connectivity index (χ4v) is 3.66. The molecule has 128 valence electrons. The topological polar surface area (TPSA) is 80.5 Å². The number of carbonyl (C=O) groups excluding carboxylic acids is 1. The van der Waals surface area contributed by atoms with Crippen LogP contribution in [0.1, 0.15) is 27.0 Å². The van der Waals surface area contributed by atoms with Gasteiger partial charge >= 0.3 is 0 Å². The maximum Gasteiger partial charge on any atom is 0.251 e. The zero-order valence-electron chi connectivity index (χ0n) is 13.5. The number of nitrogens with one attached hydrogen (secondary N) is 1. The monoisotopic (exact) mass is 346 g/mol. The van der Waals surface area contributed by atoms with Gasteiger partial charge in [0, 0.05) is 42.8 Å². The largest absolute Gasteiger partial charge is 0.379 e. The molecule has 1 unspecified atom stereocenters. The molecule has 1 aliphatic rings. The van der Waals surface area contributed by atoms with Gasteiger partial charge in [0.15, 0.2) is 0 Å². The van der Waals surface area contributed by atoms with Crippen LogP contribution in [0.4, 0.5) is 0 Å². The SMILES string of the molecule is NCc1cc(C(=O)NCC(c2cccs2)N2CCOCC2)ccn1. The fourth-order valence-electron chi connectivity index (χ4n) is 2.80. The molecule has 0 aromatic carbocycles. The number of nitrogens with zero attached hydrogens (tertiary/aromatic N) is 2. The average molecular weight is 346 g/mol. The van der Waals surface area contributed by atoms with Crippen LogP contribution in [0.5, 0.6) is 0 Å². The van der Waals surface area contributed by atoms with E-state index in [0.29, 0.717) is 24.3 Å². The number of rotatable bonds is 6. The number of carbonyl (C=O) groups is 1. The van der Waals surface area contributed by atoms with E-state index in [-0.39, 0.29) is 11.9 Å². The average Bonchev–Trinajstić information content (AvgIpc) is 3.17. The van der Waals surface area contributed by atoms with E-state index in [9.17, 15) is 4.79 Å². The highest BCUT2D eigenvalue weighted by Crippen LogP contribution is 2.25. The van der Waals surface area contributed by atoms with E-state index in [1.807, 2.05) is 6.07 Å². The van der Waals surface area contributed by atoms with Gasteiger partial charge in [0.05, 0.1) is 24.9 Å². The van der Waals surface area contributed by atoms with E-state index in [1.165, 1.54) is 4.88 Å². The standard InChI is InChI=1S/C17H22N4O2S/c18-11-14-10-13(3-4-19-14)17(22)20-12-15(16-2-1-9-24-16)21-5-7-23-8-6-21/h1-4,9-10,15H,5-8,11-12,18H2,(H,20,22). The van der Waals surface area contributed by atoms with Gasteiger partial charge in [0.2, 0.25) is 0 Å². The van der Waals surface area contributed by atoms with Crippen LogP contribution in [0.3, 0.4) is 0 Å². The van der Waals surface area contributed by atoms with E-state index in [4.69, 9.17) is 10.5 Å². The van der Waals surface area contributed by atoms with Crippen LogP contribution >= 0.6 is 11.3 Å². The van der Waals surface area contributed by atoms with Crippen LogP contribution in [0, 0.1) is 0 Å². The number of hydrogen-bond acceptors (Lipinski definition) is 6. The first-order valence-electron chi connectivity index (χ1n) is 8.06. The van der Waals surface area contributed by atoms with Crippen LogP contribution in [0.2, 0.25) is 0 Å². The van der Waals surface area contributed by atoms with Crippen molar-refractivity contribution in [2.75, 3.05) is 32.8 Å². The summed E-state index contributed by atoms with van der Waals surface area (Å²) in [5.41, 5.74) is 6.90. The molecule has 2 aromatic heterocycles. The Labute approximate surface area is 145 Å². The van der Waals surface area contributed by atoms with E-state index in [2.05, 4.69) is 26.6 Å². The molecule has 0 aliphatic carbocycles. The Morgan fingerprint density at radius 1 is 1.42 bits per heavy atom. The predicted octanol–water partition coefficient (Wildman–Crippen LogP) is 1.41. The normalized spacial score (nSPS) is 16.7. The van der Waals surface area contributed by atoms with Crippen molar-refractivity contribution in [1.82, 2.24) is 15.2 Å². The molecule has 1 fully saturated rings. The molecule has 1 amide bonds. The molecule has 24 heavy (non-hydrogen) atoms. The zero-order chi connectivity index (χ0) is 16.8. The number of pyridine rings is 1. The van der Waals surface area contributed by atoms with Gasteiger partial charge in [-0.05, 0) is 23.6 Å². The molecule has 1 atom stereocenters. The second-order valence-corrected chi connectivity index (χ2v) is 6.61. The van der Waals surface area contributed by atoms with Gasteiger partial charge in [-0.3, -0.25) is 14.7 Å². The molecule has 1 aliphatic heterocycles. The van der Waals surface area contributed by atoms with Crippen molar-refractivity contribution in [3.05, 3.63) is 52.0 Å². The Kier molecular flexibility index (Phi) is 5.92. The summed E-state index contributed by atoms with van der Waals surface area (Å²) < 4.78 is 5.44. The maximum atomic E-state index is 12.5. The zero-order valence-corrected chi connectivity index (χ0v) is 14.3. The minimum atomic E-state index is -0.0954. The number of thiophene rings is 1. The Hall–Kier alpha value is -1.80. The molecule has 0 spiro atoms. The number of aromatic nitrogens is 1. The number of amides is 1. The Morgan fingerprint density at radius 2 is 2.25 bits per heavy atom. The first-order chi connectivity index (χ1) is 11.8. The molecule has 7 heteroatoms. The smallest absolute Gasteiger partial charge is 0.251 e. The molecule has 0 radical (unpaired) electrons. The second-order valence-electron chi connectivity index (χ2n) is 5.63. The van der Waals surface area contributed by atoms with Crippen LogP contribution in [-0.2, 0) is 11.3 Å². The molecular formula is C17H22N4O2S. The number of morpholine rings is 1. The summed E-state index contributed by atoms with van der Waals surface area (Å²) in [7, 11) is 0. The first kappa shape index (κ1) is 17.0. The summed E-state index contributed by atoms with van der Waals surface area (Å²) in [6, 6.07) is 7.79. The third kappa shape index (κ3) is 4.18. The van der Waals surface area contributed by atoms with Gasteiger partial charge in [0.1, 0.15) is 0 Å². The van der Waals surface area contributed by atoms with Crippen molar-refractivity contribution in [3.8, 4) is 0 Å². The number of hydrogen-bond donors (Lipinski definition) is 2. The summed E-state index contributed by atoms with van der Waals surface area (Å²) in [4.78, 5) is 20.2. The van der Waals surface area contributed by atoms with Crippen molar-refractivity contribution in [2.24, 2.45) is 5.73 Å². The van der Waals surface area contributed by atoms with Crippen LogP contribution in [0.15, 0.2) is 35.8 Å². The molecule has 3 rings (SSSR count). The minimum Gasteiger partial charge on any atom is -0.379 e. The molecule has 0 bridgehead atoms. The third-order valence-electron chi connectivity index (χ3n) is 4.10. The molecular weight excluding hydrogens is 324 g/mol. The van der Waals surface area contributed by atoms with Gasteiger partial charge in [-0.1, -0.05) is 6.07 Å². The lowest BCUT2D eigenvalue weighted by Gasteiger charge is -2.34. The minimum absolute atomic E-state index is 0.0954. The quantitative estimate of drug-likeness (QED) is 0.826. The first-order valence-corrected chi connectivity index (χ1v) is 8.94. The van der Waals surface area contributed by atoms with Crippen molar-refractivity contribution in [1.29, 1.82) is 0 Å². The molecule has 0 saturated carbocycles. The van der Waals surface area contributed by atoms with E-state index in [1.54, 1.807) is 29.7 Å². The summed E-state index contributed by atoms with van der Waals surface area (Å²) in [6.45, 7) is 4.13. The second kappa shape index (κ2) is 8.34. The summed E-state index contributed by atoms with van der Waals surface area (Å²) in [5, 5.41) is 5.12. The van der Waals surface area contributed by atoms with E-state index < -0.39 is 0 Å². The van der Waals surface area contributed by atoms with Crippen molar-refractivity contribution in [2.45, 2.75) is 12.6 Å². The Balaban J connectivity index is 1.67. The summed E-state index contributed by atoms with van der Waals surface area (Å²) >= 11 is 1.72. The van der Waals surface area contributed by atoms with Crippen molar-refractivity contribution in [3.63, 3.8) is 0 Å². The van der Waals surface area contributed by atoms with Gasteiger partial charge in [0.25, 0.3) is 5.91 Å². The van der Waals surface area contributed by atoms with Crippen LogP contribution < -0.4 is 11.1 Å². The molecule has 6 nitrogen and oxygen atoms in total. The Morgan fingerprint density at radius 3 is 2.96 bits per heavy atom. The Bertz CT molecular complexity index is 656. The van der Waals surface area contributed by atoms with Gasteiger partial charge in [-0.25, -0.2) is 0 Å². The fraction of sp³-hybridized carbons (Fsp3) is 0.412. The van der Waals surface area contributed by atoms with E-state index in [0.717, 1.165) is 26.3 Å². The highest BCUT2D eigenvalue weighted by molar-refractivity contribution is 7.10. The van der Waals surface area contributed by atoms with Gasteiger partial charge in [-0.2, -0.15) is 0 Å². The number of nitrogens with two attached hydrogens (primary N) is 1. The lowest BCUT2D eigenvalue weighted by atomic mass is 10.1. The van der Waals surface area contributed by atoms with Crippen LogP contribution in [0.25, 0.3) is 0 Å². The van der Waals surface area contributed by atoms with Gasteiger partial charge < -0.3 is 15.8 Å². The maximum absolute atomic E-state index is 12.5. The molecule has 1 saturated heterocycles. The van der Waals surface area contributed by atoms with E-state index >= 15 is 0 Å². The molecule has 3 N–H and O–H groups in total. The molecule has 2 aromatic rings. The van der Waals surface area contributed by atoms with Gasteiger partial charge in [-0.15, -0.1) is 11.3 Å². The van der Waals surface area contributed by atoms with Crippen molar-refractivity contribution < 1.29 is 9.53 Å².